The number of anilines is 2. The summed E-state index contributed by atoms with van der Waals surface area (Å²) in [7, 11) is 3.19. The van der Waals surface area contributed by atoms with Crippen LogP contribution in [-0.4, -0.2) is 39.2 Å². The molecule has 2 amide bonds. The zero-order valence-corrected chi connectivity index (χ0v) is 19.5. The quantitative estimate of drug-likeness (QED) is 0.576. The molecule has 8 nitrogen and oxygen atoms in total. The zero-order valence-electron chi connectivity index (χ0n) is 19.5. The molecule has 2 heterocycles. The van der Waals surface area contributed by atoms with E-state index in [0.29, 0.717) is 47.6 Å². The number of nitrogens with one attached hydrogen (secondary N) is 1. The van der Waals surface area contributed by atoms with Crippen molar-refractivity contribution < 1.29 is 28.5 Å². The van der Waals surface area contributed by atoms with E-state index in [1.807, 2.05) is 36.4 Å². The summed E-state index contributed by atoms with van der Waals surface area (Å²) in [6.07, 6.45) is 0.0825. The lowest BCUT2D eigenvalue weighted by Gasteiger charge is -2.29. The molecule has 0 saturated carbocycles. The van der Waals surface area contributed by atoms with Crippen molar-refractivity contribution in [3.8, 4) is 23.0 Å². The van der Waals surface area contributed by atoms with E-state index in [0.717, 1.165) is 5.56 Å². The summed E-state index contributed by atoms with van der Waals surface area (Å²) in [5.74, 6) is 1.65. The van der Waals surface area contributed by atoms with Crippen LogP contribution in [0.5, 0.6) is 23.0 Å². The first-order valence-electron chi connectivity index (χ1n) is 11.4. The molecule has 5 rings (SSSR count). The van der Waals surface area contributed by atoms with Crippen molar-refractivity contribution in [2.24, 2.45) is 5.92 Å². The summed E-state index contributed by atoms with van der Waals surface area (Å²) in [6, 6.07) is 19.5. The first kappa shape index (κ1) is 22.6. The van der Waals surface area contributed by atoms with Crippen molar-refractivity contribution in [1.82, 2.24) is 0 Å². The first-order chi connectivity index (χ1) is 17.1. The smallest absolute Gasteiger partial charge is 0.230 e. The Labute approximate surface area is 203 Å². The number of ether oxygens (including phenoxy) is 4. The Hall–Kier alpha value is -4.20. The number of fused-ring (bicyclic) bond motifs is 1. The van der Waals surface area contributed by atoms with Gasteiger partial charge in [-0.25, -0.2) is 0 Å². The van der Waals surface area contributed by atoms with Crippen LogP contribution >= 0.6 is 0 Å². The van der Waals surface area contributed by atoms with Crippen LogP contribution in [0.3, 0.4) is 0 Å². The van der Waals surface area contributed by atoms with Gasteiger partial charge in [0.05, 0.1) is 26.2 Å². The van der Waals surface area contributed by atoms with Gasteiger partial charge in [0.15, 0.2) is 11.5 Å². The highest BCUT2D eigenvalue weighted by atomic mass is 16.6. The molecule has 35 heavy (non-hydrogen) atoms. The minimum Gasteiger partial charge on any atom is -0.497 e. The standard InChI is InChI=1S/C27H26N2O6/c1-32-20-8-3-17(4-9-20)26-22(16-25(30)29(26)19-6-10-21(33-2)11-7-19)27(31)28-18-5-12-23-24(15-18)35-14-13-34-23/h3-12,15,22,26H,13-14,16H2,1-2H3,(H,28,31)/t22-,26+/m1/s1. The number of methoxy groups -OCH3 is 2. The van der Waals surface area contributed by atoms with Crippen molar-refractivity contribution in [1.29, 1.82) is 0 Å². The Morgan fingerprint density at radius 3 is 2.17 bits per heavy atom. The number of hydrogen-bond donors (Lipinski definition) is 1. The molecule has 2 atom stereocenters. The Morgan fingerprint density at radius 2 is 1.51 bits per heavy atom. The minimum absolute atomic E-state index is 0.0825. The lowest BCUT2D eigenvalue weighted by molar-refractivity contribution is -0.122. The summed E-state index contributed by atoms with van der Waals surface area (Å²) in [4.78, 5) is 28.4. The maximum Gasteiger partial charge on any atom is 0.230 e. The molecule has 180 valence electrons. The van der Waals surface area contributed by atoms with Crippen LogP contribution in [0.2, 0.25) is 0 Å². The summed E-state index contributed by atoms with van der Waals surface area (Å²) >= 11 is 0. The van der Waals surface area contributed by atoms with E-state index < -0.39 is 12.0 Å². The highest BCUT2D eigenvalue weighted by Gasteiger charge is 2.45. The van der Waals surface area contributed by atoms with E-state index in [9.17, 15) is 9.59 Å². The lowest BCUT2D eigenvalue weighted by Crippen LogP contribution is -2.32. The molecular weight excluding hydrogens is 448 g/mol. The van der Waals surface area contributed by atoms with Gasteiger partial charge < -0.3 is 29.2 Å². The van der Waals surface area contributed by atoms with E-state index in [-0.39, 0.29) is 18.2 Å². The lowest BCUT2D eigenvalue weighted by atomic mass is 9.92. The zero-order chi connectivity index (χ0) is 24.4. The molecule has 0 aliphatic carbocycles. The Balaban J connectivity index is 1.46. The molecular formula is C27H26N2O6. The fraction of sp³-hybridized carbons (Fsp3) is 0.259. The summed E-state index contributed by atoms with van der Waals surface area (Å²) in [5, 5.41) is 2.97. The van der Waals surface area contributed by atoms with Gasteiger partial charge in [0.2, 0.25) is 11.8 Å². The van der Waals surface area contributed by atoms with Gasteiger partial charge in [-0.3, -0.25) is 9.59 Å². The predicted molar refractivity (Wildman–Crippen MR) is 130 cm³/mol. The maximum atomic E-state index is 13.5. The largest absolute Gasteiger partial charge is 0.497 e. The number of rotatable bonds is 6. The van der Waals surface area contributed by atoms with Crippen LogP contribution in [-0.2, 0) is 9.59 Å². The van der Waals surface area contributed by atoms with Crippen LogP contribution in [0.25, 0.3) is 0 Å². The topological polar surface area (TPSA) is 86.3 Å². The average molecular weight is 475 g/mol. The molecule has 3 aromatic carbocycles. The third-order valence-corrected chi connectivity index (χ3v) is 6.28. The summed E-state index contributed by atoms with van der Waals surface area (Å²) in [6.45, 7) is 0.950. The normalized spacial score (nSPS) is 18.8. The molecule has 2 aliphatic rings. The first-order valence-corrected chi connectivity index (χ1v) is 11.4. The van der Waals surface area contributed by atoms with E-state index in [4.69, 9.17) is 18.9 Å². The van der Waals surface area contributed by atoms with Gasteiger partial charge in [-0.1, -0.05) is 12.1 Å². The molecule has 1 N–H and O–H groups in total. The van der Waals surface area contributed by atoms with Crippen molar-refractivity contribution in [2.75, 3.05) is 37.7 Å². The van der Waals surface area contributed by atoms with E-state index in [1.165, 1.54) is 0 Å². The number of hydrogen-bond acceptors (Lipinski definition) is 6. The van der Waals surface area contributed by atoms with Gasteiger partial charge in [-0.05, 0) is 54.1 Å². The van der Waals surface area contributed by atoms with E-state index >= 15 is 0 Å². The van der Waals surface area contributed by atoms with Gasteiger partial charge in [-0.15, -0.1) is 0 Å². The maximum absolute atomic E-state index is 13.5. The van der Waals surface area contributed by atoms with Crippen molar-refractivity contribution in [2.45, 2.75) is 12.5 Å². The van der Waals surface area contributed by atoms with E-state index in [2.05, 4.69) is 5.32 Å². The summed E-state index contributed by atoms with van der Waals surface area (Å²) < 4.78 is 21.7. The van der Waals surface area contributed by atoms with Crippen LogP contribution in [0, 0.1) is 5.92 Å². The second-order valence-electron chi connectivity index (χ2n) is 8.34. The van der Waals surface area contributed by atoms with Crippen LogP contribution in [0.1, 0.15) is 18.0 Å². The SMILES string of the molecule is COc1ccc([C@H]2[C@H](C(=O)Nc3ccc4c(c3)OCCO4)CC(=O)N2c2ccc(OC)cc2)cc1. The second kappa shape index (κ2) is 9.58. The molecule has 1 saturated heterocycles. The molecule has 0 bridgehead atoms. The number of carbonyl (C=O) groups is 2. The van der Waals surface area contributed by atoms with Gasteiger partial charge in [0.1, 0.15) is 24.7 Å². The fourth-order valence-electron chi connectivity index (χ4n) is 4.56. The third-order valence-electron chi connectivity index (χ3n) is 6.28. The minimum atomic E-state index is -0.605. The molecule has 2 aliphatic heterocycles. The van der Waals surface area contributed by atoms with Crippen LogP contribution < -0.4 is 29.2 Å². The molecule has 0 aromatic heterocycles. The number of nitrogens with zero attached hydrogens (tertiary/aromatic N) is 1. The Morgan fingerprint density at radius 1 is 0.886 bits per heavy atom. The highest BCUT2D eigenvalue weighted by molar-refractivity contribution is 6.04. The van der Waals surface area contributed by atoms with Gasteiger partial charge in [0, 0.05) is 23.9 Å². The second-order valence-corrected chi connectivity index (χ2v) is 8.34. The van der Waals surface area contributed by atoms with Crippen molar-refractivity contribution >= 4 is 23.2 Å². The van der Waals surface area contributed by atoms with Gasteiger partial charge >= 0.3 is 0 Å². The van der Waals surface area contributed by atoms with Crippen molar-refractivity contribution in [3.05, 3.63) is 72.3 Å². The molecule has 8 heteroatoms. The van der Waals surface area contributed by atoms with E-state index in [1.54, 1.807) is 49.5 Å². The Bertz CT molecular complexity index is 1230. The number of benzene rings is 3. The monoisotopic (exact) mass is 474 g/mol. The summed E-state index contributed by atoms with van der Waals surface area (Å²) in [5.41, 5.74) is 2.13. The van der Waals surface area contributed by atoms with Crippen molar-refractivity contribution in [3.63, 3.8) is 0 Å². The van der Waals surface area contributed by atoms with Crippen LogP contribution in [0.15, 0.2) is 66.7 Å². The predicted octanol–water partition coefficient (Wildman–Crippen LogP) is 4.21. The average Bonchev–Trinajstić information content (AvgIpc) is 3.25. The highest BCUT2D eigenvalue weighted by Crippen LogP contribution is 2.43. The fourth-order valence-corrected chi connectivity index (χ4v) is 4.56. The van der Waals surface area contributed by atoms with Gasteiger partial charge in [0.25, 0.3) is 0 Å². The van der Waals surface area contributed by atoms with Gasteiger partial charge in [-0.2, -0.15) is 0 Å². The number of amides is 2. The Kier molecular flexibility index (Phi) is 6.18. The molecule has 0 radical (unpaired) electrons. The molecule has 1 fully saturated rings. The third kappa shape index (κ3) is 4.47. The van der Waals surface area contributed by atoms with Crippen LogP contribution in [0.4, 0.5) is 11.4 Å². The molecule has 0 spiro atoms. The number of carbonyl (C=O) groups excluding carboxylic acids is 2. The molecule has 3 aromatic rings. The molecule has 0 unspecified atom stereocenters.